The van der Waals surface area contributed by atoms with Gasteiger partial charge < -0.3 is 14.7 Å². The van der Waals surface area contributed by atoms with Crippen molar-refractivity contribution >= 4 is 43.7 Å². The number of halogens is 1. The van der Waals surface area contributed by atoms with E-state index < -0.39 is 5.54 Å². The lowest BCUT2D eigenvalue weighted by atomic mass is 9.91. The molecule has 3 aromatic carbocycles. The Morgan fingerprint density at radius 3 is 2.59 bits per heavy atom. The highest BCUT2D eigenvalue weighted by Crippen LogP contribution is 2.25. The molecule has 1 unspecified atom stereocenters. The Labute approximate surface area is 206 Å². The summed E-state index contributed by atoms with van der Waals surface area (Å²) < 4.78 is 6.96. The van der Waals surface area contributed by atoms with E-state index in [1.807, 2.05) is 85.9 Å². The summed E-state index contributed by atoms with van der Waals surface area (Å²) in [6.07, 6.45) is 2.52. The quantitative estimate of drug-likeness (QED) is 0.234. The van der Waals surface area contributed by atoms with Crippen LogP contribution in [0.5, 0.6) is 0 Å². The highest BCUT2D eigenvalue weighted by Gasteiger charge is 2.34. The van der Waals surface area contributed by atoms with Gasteiger partial charge in [0.2, 0.25) is 5.91 Å². The number of rotatable bonds is 8. The van der Waals surface area contributed by atoms with Crippen LogP contribution in [0, 0.1) is 0 Å². The maximum absolute atomic E-state index is 13.6. The summed E-state index contributed by atoms with van der Waals surface area (Å²) in [7, 11) is 0. The molecule has 0 radical (unpaired) electrons. The van der Waals surface area contributed by atoms with Gasteiger partial charge in [-0.25, -0.2) is 0 Å². The minimum atomic E-state index is -0.856. The first-order chi connectivity index (χ1) is 16.5. The maximum Gasteiger partial charge on any atom is 0.240 e. The molecular weight excluding hydrogens is 490 g/mol. The van der Waals surface area contributed by atoms with Crippen molar-refractivity contribution in [2.24, 2.45) is 0 Å². The first-order valence-corrected chi connectivity index (χ1v) is 12.1. The van der Waals surface area contributed by atoms with Gasteiger partial charge in [0.05, 0.1) is 12.1 Å². The van der Waals surface area contributed by atoms with Crippen molar-refractivity contribution in [2.45, 2.75) is 32.0 Å². The van der Waals surface area contributed by atoms with Gasteiger partial charge in [-0.05, 0) is 42.3 Å². The van der Waals surface area contributed by atoms with Gasteiger partial charge in [-0.3, -0.25) is 10.1 Å². The van der Waals surface area contributed by atoms with Crippen LogP contribution in [0.3, 0.4) is 0 Å². The molecule has 2 heterocycles. The zero-order valence-electron chi connectivity index (χ0n) is 18.9. The number of amides is 1. The molecule has 0 saturated carbocycles. The molecular formula is C28H26BrN3O2. The third-order valence-corrected chi connectivity index (χ3v) is 7.02. The van der Waals surface area contributed by atoms with Crippen LogP contribution in [0.25, 0.3) is 21.9 Å². The number of hydrogen-bond acceptors (Lipinski definition) is 3. The van der Waals surface area contributed by atoms with Gasteiger partial charge in [0.25, 0.3) is 0 Å². The first kappa shape index (κ1) is 22.4. The molecule has 0 saturated heterocycles. The lowest BCUT2D eigenvalue weighted by molar-refractivity contribution is -0.127. The van der Waals surface area contributed by atoms with Crippen LogP contribution in [0.2, 0.25) is 0 Å². The number of fused-ring (bicyclic) bond motifs is 2. The fourth-order valence-corrected chi connectivity index (χ4v) is 4.73. The highest BCUT2D eigenvalue weighted by molar-refractivity contribution is 9.10. The van der Waals surface area contributed by atoms with E-state index in [4.69, 9.17) is 4.42 Å². The van der Waals surface area contributed by atoms with Gasteiger partial charge in [-0.15, -0.1) is 0 Å². The van der Waals surface area contributed by atoms with E-state index >= 15 is 0 Å². The van der Waals surface area contributed by atoms with Crippen molar-refractivity contribution < 1.29 is 9.21 Å². The molecule has 34 heavy (non-hydrogen) atoms. The fourth-order valence-electron chi connectivity index (χ4n) is 4.30. The van der Waals surface area contributed by atoms with Crippen LogP contribution in [-0.2, 0) is 24.3 Å². The van der Waals surface area contributed by atoms with Crippen LogP contribution >= 0.6 is 15.9 Å². The number of nitrogens with one attached hydrogen (secondary N) is 3. The first-order valence-electron chi connectivity index (χ1n) is 11.3. The summed E-state index contributed by atoms with van der Waals surface area (Å²) in [5.41, 5.74) is 3.17. The van der Waals surface area contributed by atoms with E-state index in [1.165, 1.54) is 0 Å². The summed E-state index contributed by atoms with van der Waals surface area (Å²) in [5.74, 6) is 0.731. The van der Waals surface area contributed by atoms with Crippen LogP contribution < -0.4 is 10.6 Å². The molecule has 5 rings (SSSR count). The Balaban J connectivity index is 1.39. The minimum Gasteiger partial charge on any atom is -0.460 e. The monoisotopic (exact) mass is 515 g/mol. The number of hydrogen-bond donors (Lipinski definition) is 3. The Bertz CT molecular complexity index is 1420. The van der Waals surface area contributed by atoms with Gasteiger partial charge in [-0.1, -0.05) is 70.5 Å². The average molecular weight is 516 g/mol. The molecule has 0 aliphatic rings. The summed E-state index contributed by atoms with van der Waals surface area (Å²) in [4.78, 5) is 16.9. The molecule has 0 fully saturated rings. The van der Waals surface area contributed by atoms with Crippen LogP contribution in [-0.4, -0.2) is 16.4 Å². The summed E-state index contributed by atoms with van der Waals surface area (Å²) in [6, 6.07) is 26.0. The van der Waals surface area contributed by atoms with Crippen molar-refractivity contribution in [2.75, 3.05) is 0 Å². The zero-order valence-corrected chi connectivity index (χ0v) is 20.5. The van der Waals surface area contributed by atoms with E-state index in [-0.39, 0.29) is 5.91 Å². The predicted molar refractivity (Wildman–Crippen MR) is 139 cm³/mol. The molecule has 3 N–H and O–H groups in total. The molecule has 0 aliphatic carbocycles. The third-order valence-electron chi connectivity index (χ3n) is 6.25. The topological polar surface area (TPSA) is 70.1 Å². The highest BCUT2D eigenvalue weighted by atomic mass is 79.9. The van der Waals surface area contributed by atoms with E-state index in [1.54, 1.807) is 0 Å². The van der Waals surface area contributed by atoms with Crippen LogP contribution in [0.1, 0.15) is 23.8 Å². The number of aromatic nitrogens is 1. The number of furan rings is 1. The van der Waals surface area contributed by atoms with Gasteiger partial charge in [0, 0.05) is 39.9 Å². The molecule has 5 aromatic rings. The molecule has 6 heteroatoms. The van der Waals surface area contributed by atoms with Crippen molar-refractivity contribution in [1.82, 2.24) is 15.6 Å². The Morgan fingerprint density at radius 1 is 0.971 bits per heavy atom. The Kier molecular flexibility index (Phi) is 6.26. The van der Waals surface area contributed by atoms with E-state index in [2.05, 4.69) is 37.6 Å². The average Bonchev–Trinajstić information content (AvgIpc) is 3.46. The lowest BCUT2D eigenvalue weighted by Crippen LogP contribution is -2.55. The molecule has 0 spiro atoms. The van der Waals surface area contributed by atoms with Crippen LogP contribution in [0.4, 0.5) is 0 Å². The molecule has 5 nitrogen and oxygen atoms in total. The molecule has 0 aliphatic heterocycles. The van der Waals surface area contributed by atoms with Gasteiger partial charge in [-0.2, -0.15) is 0 Å². The van der Waals surface area contributed by atoms with Gasteiger partial charge in [0.15, 0.2) is 0 Å². The van der Waals surface area contributed by atoms with Crippen molar-refractivity contribution in [3.05, 3.63) is 106 Å². The fraction of sp³-hybridized carbons (Fsp3) is 0.179. The molecule has 0 bridgehead atoms. The smallest absolute Gasteiger partial charge is 0.240 e. The second-order valence-electron chi connectivity index (χ2n) is 8.75. The number of para-hydroxylation sites is 2. The van der Waals surface area contributed by atoms with Crippen molar-refractivity contribution in [3.63, 3.8) is 0 Å². The third kappa shape index (κ3) is 4.65. The normalized spacial score (nSPS) is 13.2. The Hall–Kier alpha value is -3.35. The molecule has 172 valence electrons. The second kappa shape index (κ2) is 9.49. The Morgan fingerprint density at radius 2 is 1.74 bits per heavy atom. The van der Waals surface area contributed by atoms with E-state index in [9.17, 15) is 4.79 Å². The summed E-state index contributed by atoms with van der Waals surface area (Å²) in [5, 5.41) is 8.80. The van der Waals surface area contributed by atoms with E-state index in [0.717, 1.165) is 43.2 Å². The standard InChI is InChI=1S/C28H26BrN3O2/c1-28(15-21-17-30-25-12-6-4-10-23(21)25,27(33)31-16-20-9-2-5-11-24(20)29)32-18-22-14-19-8-3-7-13-26(19)34-22/h2-14,17,30,32H,15-16,18H2,1H3,(H,31,33). The summed E-state index contributed by atoms with van der Waals surface area (Å²) in [6.45, 7) is 2.83. The zero-order chi connectivity index (χ0) is 23.5. The van der Waals surface area contributed by atoms with E-state index in [0.29, 0.717) is 19.5 Å². The van der Waals surface area contributed by atoms with Gasteiger partial charge >= 0.3 is 0 Å². The number of carbonyl (C=O) groups is 1. The largest absolute Gasteiger partial charge is 0.460 e. The summed E-state index contributed by atoms with van der Waals surface area (Å²) >= 11 is 3.57. The molecule has 2 aromatic heterocycles. The molecule has 1 atom stereocenters. The SMILES string of the molecule is CC(Cc1c[nH]c2ccccc12)(NCc1cc2ccccc2o1)C(=O)NCc1ccccc1Br. The van der Waals surface area contributed by atoms with Gasteiger partial charge in [0.1, 0.15) is 11.3 Å². The predicted octanol–water partition coefficient (Wildman–Crippen LogP) is 6.08. The minimum absolute atomic E-state index is 0.0651. The number of aromatic amines is 1. The number of benzene rings is 3. The second-order valence-corrected chi connectivity index (χ2v) is 9.60. The van der Waals surface area contributed by atoms with Crippen LogP contribution in [0.15, 0.2) is 93.9 Å². The number of carbonyl (C=O) groups excluding carboxylic acids is 1. The number of H-pyrrole nitrogens is 1. The van der Waals surface area contributed by atoms with Crippen molar-refractivity contribution in [1.29, 1.82) is 0 Å². The van der Waals surface area contributed by atoms with Crippen molar-refractivity contribution in [3.8, 4) is 0 Å². The lowest BCUT2D eigenvalue weighted by Gasteiger charge is -2.29. The maximum atomic E-state index is 13.6. The molecule has 1 amide bonds.